The first-order valence-corrected chi connectivity index (χ1v) is 9.79. The summed E-state index contributed by atoms with van der Waals surface area (Å²) >= 11 is 0. The van der Waals surface area contributed by atoms with Crippen molar-refractivity contribution in [1.29, 1.82) is 0 Å². The molecule has 1 aliphatic heterocycles. The quantitative estimate of drug-likeness (QED) is 0.423. The van der Waals surface area contributed by atoms with Gasteiger partial charge in [-0.2, -0.15) is 0 Å². The van der Waals surface area contributed by atoms with E-state index >= 15 is 0 Å². The lowest BCUT2D eigenvalue weighted by molar-refractivity contribution is -0.187. The van der Waals surface area contributed by atoms with Crippen LogP contribution in [0.3, 0.4) is 0 Å². The molecule has 2 aliphatic rings. The van der Waals surface area contributed by atoms with E-state index in [4.69, 9.17) is 9.47 Å². The van der Waals surface area contributed by atoms with E-state index in [1.165, 1.54) is 4.90 Å². The normalized spacial score (nSPS) is 23.4. The molecule has 0 aromatic heterocycles. The summed E-state index contributed by atoms with van der Waals surface area (Å²) in [5.41, 5.74) is 0.270. The second-order valence-electron chi connectivity index (χ2n) is 7.12. The van der Waals surface area contributed by atoms with Crippen LogP contribution >= 0.6 is 0 Å². The monoisotopic (exact) mass is 387 g/mol. The summed E-state index contributed by atoms with van der Waals surface area (Å²) in [5.74, 6) is -2.05. The van der Waals surface area contributed by atoms with Crippen LogP contribution in [0.2, 0.25) is 0 Å². The number of ketones is 1. The standard InChI is InChI=1S/C21H25NO6/c1-2-27-21(26)19(28-20(25)14-9-5-3-6-10-14)22-16(13-18(22)24)15-11-7-4-8-12-17(15)23/h3,5-6,9-10,15-16,19H,2,4,7-8,11-13H2,1H3/t15-,16+,19?/m1/s1. The predicted octanol–water partition coefficient (Wildman–Crippen LogP) is 2.48. The third-order valence-electron chi connectivity index (χ3n) is 5.31. The van der Waals surface area contributed by atoms with Gasteiger partial charge in [0.1, 0.15) is 5.78 Å². The minimum absolute atomic E-state index is 0.0906. The highest BCUT2D eigenvalue weighted by Gasteiger charge is 2.51. The number of Topliss-reactive ketones (excluding diaryl/α,β-unsaturated/α-hetero) is 1. The topological polar surface area (TPSA) is 90.0 Å². The molecule has 150 valence electrons. The first kappa shape index (κ1) is 20.0. The fourth-order valence-corrected chi connectivity index (χ4v) is 3.87. The van der Waals surface area contributed by atoms with Crippen molar-refractivity contribution in [2.75, 3.05) is 6.61 Å². The molecular formula is C21H25NO6. The number of nitrogens with zero attached hydrogens (tertiary/aromatic N) is 1. The molecule has 1 heterocycles. The number of hydrogen-bond acceptors (Lipinski definition) is 6. The zero-order valence-corrected chi connectivity index (χ0v) is 16.0. The van der Waals surface area contributed by atoms with Gasteiger partial charge in [-0.15, -0.1) is 0 Å². The Labute approximate surface area is 164 Å². The molecule has 7 heteroatoms. The van der Waals surface area contributed by atoms with Crippen LogP contribution in [-0.2, 0) is 23.9 Å². The molecule has 1 amide bonds. The number of esters is 2. The molecular weight excluding hydrogens is 362 g/mol. The van der Waals surface area contributed by atoms with Gasteiger partial charge in [-0.3, -0.25) is 14.5 Å². The number of carbonyl (C=O) groups is 4. The first-order valence-electron chi connectivity index (χ1n) is 9.79. The minimum atomic E-state index is -1.48. The van der Waals surface area contributed by atoms with E-state index in [0.29, 0.717) is 12.8 Å². The molecule has 3 rings (SSSR count). The maximum absolute atomic E-state index is 12.5. The average Bonchev–Trinajstić information content (AvgIpc) is 2.90. The lowest BCUT2D eigenvalue weighted by Gasteiger charge is -2.46. The summed E-state index contributed by atoms with van der Waals surface area (Å²) in [6, 6.07) is 7.81. The van der Waals surface area contributed by atoms with Crippen molar-refractivity contribution < 1.29 is 28.7 Å². The van der Waals surface area contributed by atoms with E-state index in [1.54, 1.807) is 37.3 Å². The Hall–Kier alpha value is -2.70. The molecule has 1 saturated heterocycles. The third-order valence-corrected chi connectivity index (χ3v) is 5.31. The minimum Gasteiger partial charge on any atom is -0.462 e. The van der Waals surface area contributed by atoms with Gasteiger partial charge in [0.2, 0.25) is 5.91 Å². The van der Waals surface area contributed by atoms with Gasteiger partial charge in [0.15, 0.2) is 0 Å². The Bertz CT molecular complexity index is 747. The van der Waals surface area contributed by atoms with E-state index in [2.05, 4.69) is 0 Å². The smallest absolute Gasteiger partial charge is 0.369 e. The van der Waals surface area contributed by atoms with Crippen molar-refractivity contribution in [2.45, 2.75) is 57.7 Å². The highest BCUT2D eigenvalue weighted by molar-refractivity contribution is 5.95. The summed E-state index contributed by atoms with van der Waals surface area (Å²) < 4.78 is 10.4. The Morgan fingerprint density at radius 3 is 2.57 bits per heavy atom. The number of likely N-dealkylation sites (tertiary alicyclic amines) is 1. The number of hydrogen-bond donors (Lipinski definition) is 0. The van der Waals surface area contributed by atoms with E-state index in [1.807, 2.05) is 0 Å². The van der Waals surface area contributed by atoms with Crippen LogP contribution in [0.1, 0.15) is 55.8 Å². The van der Waals surface area contributed by atoms with Crippen LogP contribution in [0.5, 0.6) is 0 Å². The SMILES string of the molecule is CCOC(=O)C(OC(=O)c1ccccc1)N1C(=O)C[C@H]1[C@H]1CCCCCC1=O. The van der Waals surface area contributed by atoms with Gasteiger partial charge in [-0.1, -0.05) is 31.0 Å². The van der Waals surface area contributed by atoms with Crippen molar-refractivity contribution >= 4 is 23.6 Å². The Morgan fingerprint density at radius 2 is 1.89 bits per heavy atom. The Balaban J connectivity index is 1.81. The average molecular weight is 387 g/mol. The molecule has 1 aromatic rings. The molecule has 0 radical (unpaired) electrons. The second kappa shape index (κ2) is 8.99. The van der Waals surface area contributed by atoms with Crippen LogP contribution in [0.4, 0.5) is 0 Å². The summed E-state index contributed by atoms with van der Waals surface area (Å²) in [5, 5.41) is 0. The van der Waals surface area contributed by atoms with Crippen LogP contribution in [0, 0.1) is 5.92 Å². The number of carbonyl (C=O) groups excluding carboxylic acids is 4. The fraction of sp³-hybridized carbons (Fsp3) is 0.524. The molecule has 28 heavy (non-hydrogen) atoms. The van der Waals surface area contributed by atoms with E-state index < -0.39 is 24.2 Å². The molecule has 0 N–H and O–H groups in total. The molecule has 1 aliphatic carbocycles. The van der Waals surface area contributed by atoms with Crippen molar-refractivity contribution in [3.63, 3.8) is 0 Å². The van der Waals surface area contributed by atoms with Crippen molar-refractivity contribution in [1.82, 2.24) is 4.90 Å². The third kappa shape index (κ3) is 4.24. The van der Waals surface area contributed by atoms with Gasteiger partial charge in [0.25, 0.3) is 6.23 Å². The van der Waals surface area contributed by atoms with Gasteiger partial charge in [0, 0.05) is 18.8 Å². The number of β-lactam (4-membered cyclic amide) rings is 1. The zero-order valence-electron chi connectivity index (χ0n) is 16.0. The molecule has 1 aromatic carbocycles. The van der Waals surface area contributed by atoms with E-state index in [9.17, 15) is 19.2 Å². The van der Waals surface area contributed by atoms with Crippen LogP contribution in [-0.4, -0.2) is 47.4 Å². The van der Waals surface area contributed by atoms with E-state index in [-0.39, 0.29) is 36.2 Å². The van der Waals surface area contributed by atoms with Gasteiger partial charge in [-0.05, 0) is 31.9 Å². The van der Waals surface area contributed by atoms with Crippen molar-refractivity contribution in [2.24, 2.45) is 5.92 Å². The van der Waals surface area contributed by atoms with Gasteiger partial charge in [0.05, 0.1) is 18.2 Å². The maximum atomic E-state index is 12.5. The highest BCUT2D eigenvalue weighted by Crippen LogP contribution is 2.35. The van der Waals surface area contributed by atoms with Crippen LogP contribution < -0.4 is 0 Å². The second-order valence-corrected chi connectivity index (χ2v) is 7.12. The lowest BCUT2D eigenvalue weighted by atomic mass is 9.82. The summed E-state index contributed by atoms with van der Waals surface area (Å²) in [4.78, 5) is 51.1. The van der Waals surface area contributed by atoms with Gasteiger partial charge >= 0.3 is 11.9 Å². The maximum Gasteiger partial charge on any atom is 0.369 e. The number of benzene rings is 1. The molecule has 0 spiro atoms. The Morgan fingerprint density at radius 1 is 1.14 bits per heavy atom. The molecule has 2 fully saturated rings. The molecule has 3 atom stereocenters. The fourth-order valence-electron chi connectivity index (χ4n) is 3.87. The van der Waals surface area contributed by atoms with Crippen LogP contribution in [0.25, 0.3) is 0 Å². The lowest BCUT2D eigenvalue weighted by Crippen LogP contribution is -2.64. The number of amides is 1. The van der Waals surface area contributed by atoms with Gasteiger partial charge < -0.3 is 9.47 Å². The summed E-state index contributed by atoms with van der Waals surface area (Å²) in [6.45, 7) is 1.73. The number of rotatable bonds is 6. The Kier molecular flexibility index (Phi) is 6.44. The summed E-state index contributed by atoms with van der Waals surface area (Å²) in [6.07, 6.45) is 2.59. The largest absolute Gasteiger partial charge is 0.462 e. The van der Waals surface area contributed by atoms with E-state index in [0.717, 1.165) is 19.3 Å². The predicted molar refractivity (Wildman–Crippen MR) is 99.1 cm³/mol. The number of ether oxygens (including phenoxy) is 2. The zero-order chi connectivity index (χ0) is 20.1. The summed E-state index contributed by atoms with van der Waals surface area (Å²) in [7, 11) is 0. The molecule has 7 nitrogen and oxygen atoms in total. The van der Waals surface area contributed by atoms with Gasteiger partial charge in [-0.25, -0.2) is 9.59 Å². The molecule has 1 unspecified atom stereocenters. The first-order chi connectivity index (χ1) is 13.5. The highest BCUT2D eigenvalue weighted by atomic mass is 16.6. The van der Waals surface area contributed by atoms with Crippen LogP contribution in [0.15, 0.2) is 30.3 Å². The van der Waals surface area contributed by atoms with Crippen molar-refractivity contribution in [3.8, 4) is 0 Å². The molecule has 0 bridgehead atoms. The molecule has 1 saturated carbocycles. The van der Waals surface area contributed by atoms with Crippen molar-refractivity contribution in [3.05, 3.63) is 35.9 Å².